The van der Waals surface area contributed by atoms with Gasteiger partial charge in [0, 0.05) is 11.3 Å². The molecule has 1 aliphatic carbocycles. The van der Waals surface area contributed by atoms with Gasteiger partial charge >= 0.3 is 0 Å². The molecule has 86 valence electrons. The summed E-state index contributed by atoms with van der Waals surface area (Å²) in [4.78, 5) is 11.1. The van der Waals surface area contributed by atoms with E-state index in [9.17, 15) is 9.90 Å². The number of hydrogen-bond donors (Lipinski definition) is 2. The van der Waals surface area contributed by atoms with Gasteiger partial charge in [-0.3, -0.25) is 4.79 Å². The number of aliphatic hydroxyl groups is 1. The fraction of sp³-hybridized carbons (Fsp3) is 0.462. The Hall–Kier alpha value is -1.35. The van der Waals surface area contributed by atoms with E-state index in [1.165, 1.54) is 0 Å². The van der Waals surface area contributed by atoms with E-state index >= 15 is 0 Å². The lowest BCUT2D eigenvalue weighted by Crippen LogP contribution is -2.27. The molecule has 0 amide bonds. The largest absolute Gasteiger partial charge is 0.391 e. The van der Waals surface area contributed by atoms with Gasteiger partial charge in [-0.1, -0.05) is 0 Å². The highest BCUT2D eigenvalue weighted by atomic mass is 16.3. The maximum atomic E-state index is 11.1. The SMILES string of the molecule is CC(=O)c1ccc(N[C@H]2CCC[C@@H]2O)cc1. The predicted molar refractivity (Wildman–Crippen MR) is 63.7 cm³/mol. The second-order valence-electron chi connectivity index (χ2n) is 4.38. The Morgan fingerprint density at radius 1 is 1.31 bits per heavy atom. The van der Waals surface area contributed by atoms with Crippen LogP contribution in [0.2, 0.25) is 0 Å². The molecule has 2 atom stereocenters. The Labute approximate surface area is 95.5 Å². The van der Waals surface area contributed by atoms with Crippen molar-refractivity contribution in [1.82, 2.24) is 0 Å². The standard InChI is InChI=1S/C13H17NO2/c1-9(15)10-5-7-11(8-6-10)14-12-3-2-4-13(12)16/h5-8,12-14,16H,2-4H2,1H3/t12-,13-/m0/s1. The molecule has 1 saturated carbocycles. The number of nitrogens with one attached hydrogen (secondary N) is 1. The first-order valence-electron chi connectivity index (χ1n) is 5.72. The molecule has 0 unspecified atom stereocenters. The smallest absolute Gasteiger partial charge is 0.159 e. The summed E-state index contributed by atoms with van der Waals surface area (Å²) < 4.78 is 0. The highest BCUT2D eigenvalue weighted by molar-refractivity contribution is 5.94. The summed E-state index contributed by atoms with van der Waals surface area (Å²) in [6, 6.07) is 7.56. The van der Waals surface area contributed by atoms with Crippen molar-refractivity contribution in [3.8, 4) is 0 Å². The van der Waals surface area contributed by atoms with Crippen LogP contribution < -0.4 is 5.32 Å². The number of carbonyl (C=O) groups excluding carboxylic acids is 1. The minimum atomic E-state index is -0.243. The van der Waals surface area contributed by atoms with E-state index in [1.807, 2.05) is 24.3 Å². The fourth-order valence-electron chi connectivity index (χ4n) is 2.12. The molecule has 1 aliphatic rings. The minimum Gasteiger partial charge on any atom is -0.391 e. The van der Waals surface area contributed by atoms with Crippen LogP contribution in [0.5, 0.6) is 0 Å². The normalized spacial score (nSPS) is 24.4. The van der Waals surface area contributed by atoms with Gasteiger partial charge < -0.3 is 10.4 Å². The van der Waals surface area contributed by atoms with E-state index in [2.05, 4.69) is 5.32 Å². The molecule has 1 aromatic carbocycles. The van der Waals surface area contributed by atoms with Crippen LogP contribution in [-0.2, 0) is 0 Å². The zero-order valence-electron chi connectivity index (χ0n) is 9.44. The van der Waals surface area contributed by atoms with Gasteiger partial charge in [0.1, 0.15) is 0 Å². The maximum absolute atomic E-state index is 11.1. The van der Waals surface area contributed by atoms with Crippen molar-refractivity contribution < 1.29 is 9.90 Å². The second-order valence-corrected chi connectivity index (χ2v) is 4.38. The van der Waals surface area contributed by atoms with Crippen LogP contribution in [0.4, 0.5) is 5.69 Å². The van der Waals surface area contributed by atoms with Crippen LogP contribution in [0.25, 0.3) is 0 Å². The van der Waals surface area contributed by atoms with E-state index < -0.39 is 0 Å². The third-order valence-electron chi connectivity index (χ3n) is 3.12. The van der Waals surface area contributed by atoms with Crippen LogP contribution in [0.3, 0.4) is 0 Å². The third kappa shape index (κ3) is 2.42. The molecular weight excluding hydrogens is 202 g/mol. The number of hydrogen-bond acceptors (Lipinski definition) is 3. The average molecular weight is 219 g/mol. The molecule has 2 N–H and O–H groups in total. The van der Waals surface area contributed by atoms with Gasteiger partial charge in [0.05, 0.1) is 12.1 Å². The first-order valence-corrected chi connectivity index (χ1v) is 5.72. The summed E-state index contributed by atoms with van der Waals surface area (Å²) in [7, 11) is 0. The van der Waals surface area contributed by atoms with Crippen molar-refractivity contribution in [2.75, 3.05) is 5.32 Å². The number of carbonyl (C=O) groups is 1. The third-order valence-corrected chi connectivity index (χ3v) is 3.12. The number of anilines is 1. The molecule has 0 bridgehead atoms. The molecule has 16 heavy (non-hydrogen) atoms. The molecule has 3 nitrogen and oxygen atoms in total. The van der Waals surface area contributed by atoms with Crippen molar-refractivity contribution in [2.24, 2.45) is 0 Å². The van der Waals surface area contributed by atoms with Crippen molar-refractivity contribution in [3.63, 3.8) is 0 Å². The van der Waals surface area contributed by atoms with E-state index in [4.69, 9.17) is 0 Å². The molecule has 0 saturated heterocycles. The van der Waals surface area contributed by atoms with E-state index in [0.717, 1.165) is 30.5 Å². The summed E-state index contributed by atoms with van der Waals surface area (Å²) in [5.74, 6) is 0.0763. The van der Waals surface area contributed by atoms with E-state index in [0.29, 0.717) is 0 Å². The Morgan fingerprint density at radius 3 is 2.50 bits per heavy atom. The number of Topliss-reactive ketones (excluding diaryl/α,β-unsaturated/α-hetero) is 1. The van der Waals surface area contributed by atoms with Gasteiger partial charge in [-0.15, -0.1) is 0 Å². The molecule has 1 aromatic rings. The number of ketones is 1. The average Bonchev–Trinajstić information content (AvgIpc) is 2.65. The highest BCUT2D eigenvalue weighted by Crippen LogP contribution is 2.23. The number of benzene rings is 1. The van der Waals surface area contributed by atoms with Crippen LogP contribution in [0.1, 0.15) is 36.5 Å². The second kappa shape index (κ2) is 4.66. The number of aliphatic hydroxyl groups excluding tert-OH is 1. The highest BCUT2D eigenvalue weighted by Gasteiger charge is 2.24. The van der Waals surface area contributed by atoms with Gasteiger partial charge in [-0.25, -0.2) is 0 Å². The molecule has 0 heterocycles. The van der Waals surface area contributed by atoms with Crippen molar-refractivity contribution in [1.29, 1.82) is 0 Å². The first kappa shape index (κ1) is 11.1. The lowest BCUT2D eigenvalue weighted by Gasteiger charge is -2.17. The lowest BCUT2D eigenvalue weighted by molar-refractivity contribution is 0.101. The summed E-state index contributed by atoms with van der Waals surface area (Å²) in [5, 5.41) is 13.0. The predicted octanol–water partition coefficient (Wildman–Crippen LogP) is 2.21. The lowest BCUT2D eigenvalue weighted by atomic mass is 10.1. The van der Waals surface area contributed by atoms with Gasteiger partial charge in [-0.2, -0.15) is 0 Å². The van der Waals surface area contributed by atoms with E-state index in [-0.39, 0.29) is 17.9 Å². The molecule has 0 radical (unpaired) electrons. The topological polar surface area (TPSA) is 49.3 Å². The van der Waals surface area contributed by atoms with Crippen LogP contribution in [0.15, 0.2) is 24.3 Å². The Morgan fingerprint density at radius 2 is 2.00 bits per heavy atom. The van der Waals surface area contributed by atoms with Crippen LogP contribution >= 0.6 is 0 Å². The minimum absolute atomic E-state index is 0.0763. The zero-order valence-corrected chi connectivity index (χ0v) is 9.44. The summed E-state index contributed by atoms with van der Waals surface area (Å²) >= 11 is 0. The molecule has 3 heteroatoms. The fourth-order valence-corrected chi connectivity index (χ4v) is 2.12. The summed E-state index contributed by atoms with van der Waals surface area (Å²) in [5.41, 5.74) is 1.69. The van der Waals surface area contributed by atoms with Gasteiger partial charge in [0.25, 0.3) is 0 Å². The maximum Gasteiger partial charge on any atom is 0.159 e. The summed E-state index contributed by atoms with van der Waals surface area (Å²) in [6.07, 6.45) is 2.72. The molecule has 2 rings (SSSR count). The molecule has 0 aromatic heterocycles. The summed E-state index contributed by atoms with van der Waals surface area (Å²) in [6.45, 7) is 1.56. The van der Waals surface area contributed by atoms with Crippen molar-refractivity contribution in [2.45, 2.75) is 38.3 Å². The monoisotopic (exact) mass is 219 g/mol. The molecule has 1 fully saturated rings. The zero-order chi connectivity index (χ0) is 11.5. The van der Waals surface area contributed by atoms with Crippen LogP contribution in [-0.4, -0.2) is 23.0 Å². The molecular formula is C13H17NO2. The van der Waals surface area contributed by atoms with Gasteiger partial charge in [-0.05, 0) is 50.5 Å². The quantitative estimate of drug-likeness (QED) is 0.766. The van der Waals surface area contributed by atoms with Gasteiger partial charge in [0.2, 0.25) is 0 Å². The first-order chi connectivity index (χ1) is 7.66. The Kier molecular flexibility index (Phi) is 3.25. The Bertz CT molecular complexity index is 372. The molecule has 0 aliphatic heterocycles. The van der Waals surface area contributed by atoms with Crippen molar-refractivity contribution in [3.05, 3.63) is 29.8 Å². The van der Waals surface area contributed by atoms with E-state index in [1.54, 1.807) is 6.92 Å². The Balaban J connectivity index is 2.02. The van der Waals surface area contributed by atoms with Crippen molar-refractivity contribution >= 4 is 11.5 Å². The van der Waals surface area contributed by atoms with Crippen LogP contribution in [0, 0.1) is 0 Å². The van der Waals surface area contributed by atoms with Gasteiger partial charge in [0.15, 0.2) is 5.78 Å². The number of rotatable bonds is 3. The molecule has 0 spiro atoms.